The van der Waals surface area contributed by atoms with Crippen LogP contribution >= 0.6 is 0 Å². The maximum atomic E-state index is 2.74. The lowest BCUT2D eigenvalue weighted by atomic mass is 9.84. The van der Waals surface area contributed by atoms with Gasteiger partial charge in [-0.25, -0.2) is 0 Å². The first kappa shape index (κ1) is 10.3. The van der Waals surface area contributed by atoms with Crippen LogP contribution in [0.3, 0.4) is 0 Å². The predicted molar refractivity (Wildman–Crippen MR) is 67.6 cm³/mol. The topological polar surface area (TPSA) is 3.24 Å². The van der Waals surface area contributed by atoms with Crippen LogP contribution in [0.4, 0.5) is 0 Å². The molecule has 16 heavy (non-hydrogen) atoms. The molecule has 0 bridgehead atoms. The molecule has 1 aromatic carbocycles. The van der Waals surface area contributed by atoms with Crippen molar-refractivity contribution in [3.8, 4) is 0 Å². The summed E-state index contributed by atoms with van der Waals surface area (Å²) in [6.07, 6.45) is 7.13. The minimum absolute atomic E-state index is 0.788. The van der Waals surface area contributed by atoms with Gasteiger partial charge in [-0.3, -0.25) is 4.90 Å². The normalized spacial score (nSPS) is 31.0. The molecular formula is C15H21N. The van der Waals surface area contributed by atoms with Gasteiger partial charge in [0.25, 0.3) is 0 Å². The van der Waals surface area contributed by atoms with Crippen molar-refractivity contribution in [2.45, 2.75) is 44.1 Å². The minimum Gasteiger partial charge on any atom is -0.300 e. The van der Waals surface area contributed by atoms with Gasteiger partial charge in [0.1, 0.15) is 0 Å². The molecule has 1 heteroatoms. The summed E-state index contributed by atoms with van der Waals surface area (Å²) >= 11 is 0. The smallest absolute Gasteiger partial charge is 0.00957 e. The van der Waals surface area contributed by atoms with Crippen molar-refractivity contribution in [2.24, 2.45) is 0 Å². The molecule has 3 rings (SSSR count). The van der Waals surface area contributed by atoms with Crippen LogP contribution in [0.2, 0.25) is 0 Å². The Balaban J connectivity index is 1.71. The Bertz CT molecular complexity index is 333. The zero-order valence-corrected chi connectivity index (χ0v) is 9.94. The number of rotatable bonds is 1. The third-order valence-electron chi connectivity index (χ3n) is 4.32. The summed E-state index contributed by atoms with van der Waals surface area (Å²) in [6.45, 7) is 2.64. The Morgan fingerprint density at radius 3 is 2.69 bits per heavy atom. The highest BCUT2D eigenvalue weighted by Gasteiger charge is 2.30. The van der Waals surface area contributed by atoms with Gasteiger partial charge < -0.3 is 0 Å². The van der Waals surface area contributed by atoms with Crippen molar-refractivity contribution in [1.82, 2.24) is 4.90 Å². The molecule has 0 saturated carbocycles. The average Bonchev–Trinajstić information content (AvgIpc) is 2.39. The second kappa shape index (κ2) is 4.58. The lowest BCUT2D eigenvalue weighted by Crippen LogP contribution is -2.45. The van der Waals surface area contributed by atoms with E-state index in [1.807, 2.05) is 0 Å². The van der Waals surface area contributed by atoms with Gasteiger partial charge in [-0.2, -0.15) is 0 Å². The van der Waals surface area contributed by atoms with Gasteiger partial charge in [-0.1, -0.05) is 36.8 Å². The standard InChI is InChI=1S/C15H21N/c1-2-6-13(7-3-1)14-9-10-15-8-4-5-11-16(15)12-14/h1-3,6-7,14-15H,4-5,8-12H2/t14-,15-/m0/s1. The summed E-state index contributed by atoms with van der Waals surface area (Å²) in [7, 11) is 0. The Morgan fingerprint density at radius 2 is 1.81 bits per heavy atom. The van der Waals surface area contributed by atoms with E-state index in [1.165, 1.54) is 45.2 Å². The van der Waals surface area contributed by atoms with Gasteiger partial charge in [0, 0.05) is 12.6 Å². The van der Waals surface area contributed by atoms with E-state index in [0.29, 0.717) is 0 Å². The maximum Gasteiger partial charge on any atom is 0.00957 e. The highest BCUT2D eigenvalue weighted by atomic mass is 15.2. The van der Waals surface area contributed by atoms with Gasteiger partial charge in [0.2, 0.25) is 0 Å². The summed E-state index contributed by atoms with van der Waals surface area (Å²) < 4.78 is 0. The molecule has 2 saturated heterocycles. The molecule has 2 fully saturated rings. The quantitative estimate of drug-likeness (QED) is 0.694. The zero-order chi connectivity index (χ0) is 10.8. The van der Waals surface area contributed by atoms with Gasteiger partial charge >= 0.3 is 0 Å². The SMILES string of the molecule is c1ccc([C@H]2CC[C@@H]3CCCCN3C2)cc1. The molecule has 2 aliphatic heterocycles. The van der Waals surface area contributed by atoms with Crippen molar-refractivity contribution in [1.29, 1.82) is 0 Å². The number of fused-ring (bicyclic) bond motifs is 1. The van der Waals surface area contributed by atoms with E-state index in [4.69, 9.17) is 0 Å². The van der Waals surface area contributed by atoms with E-state index in [0.717, 1.165) is 12.0 Å². The molecule has 0 aliphatic carbocycles. The molecule has 0 amide bonds. The Kier molecular flexibility index (Phi) is 2.96. The Labute approximate surface area is 98.5 Å². The van der Waals surface area contributed by atoms with E-state index < -0.39 is 0 Å². The van der Waals surface area contributed by atoms with Crippen molar-refractivity contribution >= 4 is 0 Å². The fourth-order valence-corrected chi connectivity index (χ4v) is 3.39. The lowest BCUT2D eigenvalue weighted by molar-refractivity contribution is 0.0959. The Hall–Kier alpha value is -0.820. The average molecular weight is 215 g/mol. The van der Waals surface area contributed by atoms with E-state index in [2.05, 4.69) is 35.2 Å². The fraction of sp³-hybridized carbons (Fsp3) is 0.600. The molecule has 2 atom stereocenters. The first-order valence-electron chi connectivity index (χ1n) is 6.72. The van der Waals surface area contributed by atoms with Gasteiger partial charge in [-0.05, 0) is 43.7 Å². The van der Waals surface area contributed by atoms with Gasteiger partial charge in [-0.15, -0.1) is 0 Å². The second-order valence-electron chi connectivity index (χ2n) is 5.33. The molecule has 0 N–H and O–H groups in total. The van der Waals surface area contributed by atoms with Crippen molar-refractivity contribution in [2.75, 3.05) is 13.1 Å². The molecule has 0 spiro atoms. The molecule has 1 nitrogen and oxygen atoms in total. The monoisotopic (exact) mass is 215 g/mol. The molecule has 2 heterocycles. The number of hydrogen-bond donors (Lipinski definition) is 0. The van der Waals surface area contributed by atoms with Crippen LogP contribution in [0.1, 0.15) is 43.6 Å². The minimum atomic E-state index is 0.788. The molecule has 0 aromatic heterocycles. The van der Waals surface area contributed by atoms with Crippen molar-refractivity contribution < 1.29 is 0 Å². The first-order chi connectivity index (χ1) is 7.93. The van der Waals surface area contributed by atoms with Crippen LogP contribution < -0.4 is 0 Å². The van der Waals surface area contributed by atoms with Crippen LogP contribution in [0.25, 0.3) is 0 Å². The summed E-state index contributed by atoms with van der Waals surface area (Å²) in [4.78, 5) is 2.74. The van der Waals surface area contributed by atoms with Crippen LogP contribution in [0.5, 0.6) is 0 Å². The summed E-state index contributed by atoms with van der Waals surface area (Å²) in [5.74, 6) is 0.788. The third-order valence-corrected chi connectivity index (χ3v) is 4.32. The molecule has 1 aromatic rings. The third kappa shape index (κ3) is 2.01. The molecule has 86 valence electrons. The van der Waals surface area contributed by atoms with E-state index in [1.54, 1.807) is 5.56 Å². The number of nitrogens with zero attached hydrogens (tertiary/aromatic N) is 1. The highest BCUT2D eigenvalue weighted by molar-refractivity contribution is 5.20. The van der Waals surface area contributed by atoms with Crippen LogP contribution in [-0.2, 0) is 0 Å². The van der Waals surface area contributed by atoms with Crippen LogP contribution in [-0.4, -0.2) is 24.0 Å². The zero-order valence-electron chi connectivity index (χ0n) is 9.94. The van der Waals surface area contributed by atoms with Crippen LogP contribution in [0.15, 0.2) is 30.3 Å². The first-order valence-corrected chi connectivity index (χ1v) is 6.72. The Morgan fingerprint density at radius 1 is 0.938 bits per heavy atom. The molecule has 0 unspecified atom stereocenters. The van der Waals surface area contributed by atoms with Crippen molar-refractivity contribution in [3.63, 3.8) is 0 Å². The molecule has 2 aliphatic rings. The predicted octanol–water partition coefficient (Wildman–Crippen LogP) is 3.42. The molecular weight excluding hydrogens is 194 g/mol. The summed E-state index contributed by atoms with van der Waals surface area (Å²) in [5, 5.41) is 0. The van der Waals surface area contributed by atoms with Gasteiger partial charge in [0.15, 0.2) is 0 Å². The van der Waals surface area contributed by atoms with Gasteiger partial charge in [0.05, 0.1) is 0 Å². The number of piperidine rings is 2. The highest BCUT2D eigenvalue weighted by Crippen LogP contribution is 2.33. The lowest BCUT2D eigenvalue weighted by Gasteiger charge is -2.42. The van der Waals surface area contributed by atoms with Crippen molar-refractivity contribution in [3.05, 3.63) is 35.9 Å². The second-order valence-corrected chi connectivity index (χ2v) is 5.33. The largest absolute Gasteiger partial charge is 0.300 e. The summed E-state index contributed by atoms with van der Waals surface area (Å²) in [6, 6.07) is 12.0. The number of hydrogen-bond acceptors (Lipinski definition) is 1. The van der Waals surface area contributed by atoms with E-state index in [9.17, 15) is 0 Å². The van der Waals surface area contributed by atoms with Crippen LogP contribution in [0, 0.1) is 0 Å². The van der Waals surface area contributed by atoms with E-state index >= 15 is 0 Å². The van der Waals surface area contributed by atoms with E-state index in [-0.39, 0.29) is 0 Å². The molecule has 0 radical (unpaired) electrons. The fourth-order valence-electron chi connectivity index (χ4n) is 3.39. The number of benzene rings is 1. The summed E-state index contributed by atoms with van der Waals surface area (Å²) in [5.41, 5.74) is 1.55. The maximum absolute atomic E-state index is 2.74.